The predicted octanol–water partition coefficient (Wildman–Crippen LogP) is 3.22. The Hall–Kier alpha value is -2.43. The summed E-state index contributed by atoms with van der Waals surface area (Å²) in [5, 5.41) is 2.70. The smallest absolute Gasteiger partial charge is 0.251 e. The van der Waals surface area contributed by atoms with Gasteiger partial charge in [0, 0.05) is 12.1 Å². The van der Waals surface area contributed by atoms with Gasteiger partial charge < -0.3 is 10.1 Å². The summed E-state index contributed by atoms with van der Waals surface area (Å²) in [6.07, 6.45) is 1.94. The normalized spacial score (nSPS) is 13.2. The first-order valence-corrected chi connectivity index (χ1v) is 7.11. The van der Waals surface area contributed by atoms with Gasteiger partial charge >= 0.3 is 0 Å². The average Bonchev–Trinajstić information content (AvgIpc) is 2.55. The third-order valence-electron chi connectivity index (χ3n) is 3.61. The Morgan fingerprint density at radius 3 is 2.82 bits per heavy atom. The first-order chi connectivity index (χ1) is 10.6. The molecule has 0 atom stereocenters. The van der Waals surface area contributed by atoms with Crippen molar-refractivity contribution in [3.8, 4) is 5.75 Å². The van der Waals surface area contributed by atoms with Crippen molar-refractivity contribution < 1.29 is 18.3 Å². The Bertz CT molecular complexity index is 716. The lowest BCUT2D eigenvalue weighted by atomic mass is 10.0. The number of nitrogens with one attached hydrogen (secondary N) is 1. The van der Waals surface area contributed by atoms with E-state index in [1.54, 1.807) is 0 Å². The van der Waals surface area contributed by atoms with Gasteiger partial charge in [-0.15, -0.1) is 0 Å². The quantitative estimate of drug-likeness (QED) is 0.945. The number of benzene rings is 2. The maximum atomic E-state index is 13.1. The Morgan fingerprint density at radius 1 is 1.14 bits per heavy atom. The molecule has 1 N–H and O–H groups in total. The SMILES string of the molecule is O=C(NCc1ccc2c(c1)CCCO2)c1ccc(F)c(F)c1. The molecule has 114 valence electrons. The molecule has 5 heteroatoms. The molecule has 0 spiro atoms. The molecule has 1 aliphatic rings. The maximum Gasteiger partial charge on any atom is 0.251 e. The Labute approximate surface area is 126 Å². The fourth-order valence-electron chi connectivity index (χ4n) is 2.45. The van der Waals surface area contributed by atoms with E-state index in [4.69, 9.17) is 4.74 Å². The summed E-state index contributed by atoms with van der Waals surface area (Å²) in [6.45, 7) is 1.06. The second-order valence-electron chi connectivity index (χ2n) is 5.21. The van der Waals surface area contributed by atoms with Crippen molar-refractivity contribution in [2.75, 3.05) is 6.61 Å². The van der Waals surface area contributed by atoms with Crippen molar-refractivity contribution in [2.45, 2.75) is 19.4 Å². The largest absolute Gasteiger partial charge is 0.493 e. The van der Waals surface area contributed by atoms with E-state index in [1.165, 1.54) is 6.07 Å². The molecule has 2 aromatic rings. The van der Waals surface area contributed by atoms with Gasteiger partial charge in [-0.1, -0.05) is 12.1 Å². The molecular formula is C17H15F2NO2. The highest BCUT2D eigenvalue weighted by Crippen LogP contribution is 2.25. The van der Waals surface area contributed by atoms with Crippen molar-refractivity contribution >= 4 is 5.91 Å². The molecule has 22 heavy (non-hydrogen) atoms. The number of carbonyl (C=O) groups excluding carboxylic acids is 1. The highest BCUT2D eigenvalue weighted by Gasteiger charge is 2.12. The molecule has 3 rings (SSSR count). The Balaban J connectivity index is 1.66. The van der Waals surface area contributed by atoms with E-state index >= 15 is 0 Å². The van der Waals surface area contributed by atoms with Gasteiger partial charge in [0.1, 0.15) is 5.75 Å². The molecule has 0 saturated carbocycles. The standard InChI is InChI=1S/C17H15F2NO2/c18-14-5-4-13(9-15(14)19)17(21)20-10-11-3-6-16-12(8-11)2-1-7-22-16/h3-6,8-9H,1-2,7,10H2,(H,20,21). The zero-order valence-electron chi connectivity index (χ0n) is 11.9. The number of hydrogen-bond acceptors (Lipinski definition) is 2. The van der Waals surface area contributed by atoms with E-state index in [0.29, 0.717) is 6.54 Å². The monoisotopic (exact) mass is 303 g/mol. The van der Waals surface area contributed by atoms with Gasteiger partial charge in [-0.25, -0.2) is 8.78 Å². The van der Waals surface area contributed by atoms with Crippen LogP contribution in [0.25, 0.3) is 0 Å². The number of rotatable bonds is 3. The van der Waals surface area contributed by atoms with E-state index in [-0.39, 0.29) is 5.56 Å². The molecule has 0 radical (unpaired) electrons. The molecule has 1 heterocycles. The molecule has 1 amide bonds. The van der Waals surface area contributed by atoms with Gasteiger partial charge in [-0.2, -0.15) is 0 Å². The van der Waals surface area contributed by atoms with Crippen LogP contribution in [0.1, 0.15) is 27.9 Å². The molecule has 3 nitrogen and oxygen atoms in total. The number of amides is 1. The molecule has 0 unspecified atom stereocenters. The van der Waals surface area contributed by atoms with Crippen LogP contribution in [0.15, 0.2) is 36.4 Å². The Kier molecular flexibility index (Phi) is 4.04. The second-order valence-corrected chi connectivity index (χ2v) is 5.21. The average molecular weight is 303 g/mol. The number of aryl methyl sites for hydroxylation is 1. The minimum Gasteiger partial charge on any atom is -0.493 e. The van der Waals surface area contributed by atoms with E-state index in [1.807, 2.05) is 18.2 Å². The van der Waals surface area contributed by atoms with Crippen molar-refractivity contribution in [1.29, 1.82) is 0 Å². The zero-order valence-corrected chi connectivity index (χ0v) is 11.9. The van der Waals surface area contributed by atoms with Gasteiger partial charge in [0.25, 0.3) is 5.91 Å². The van der Waals surface area contributed by atoms with Crippen LogP contribution in [0.2, 0.25) is 0 Å². The van der Waals surface area contributed by atoms with E-state index in [0.717, 1.165) is 48.5 Å². The van der Waals surface area contributed by atoms with E-state index in [9.17, 15) is 13.6 Å². The van der Waals surface area contributed by atoms with Gasteiger partial charge in [-0.3, -0.25) is 4.79 Å². The molecule has 0 bridgehead atoms. The second kappa shape index (κ2) is 6.13. The summed E-state index contributed by atoms with van der Waals surface area (Å²) in [7, 11) is 0. The van der Waals surface area contributed by atoms with Crippen LogP contribution in [-0.2, 0) is 13.0 Å². The molecular weight excluding hydrogens is 288 g/mol. The molecule has 0 saturated heterocycles. The minimum atomic E-state index is -1.03. The molecule has 0 aliphatic carbocycles. The topological polar surface area (TPSA) is 38.3 Å². The van der Waals surface area contributed by atoms with Crippen LogP contribution < -0.4 is 10.1 Å². The predicted molar refractivity (Wildman–Crippen MR) is 77.8 cm³/mol. The number of halogens is 2. The fraction of sp³-hybridized carbons (Fsp3) is 0.235. The summed E-state index contributed by atoms with van der Waals surface area (Å²) in [6, 6.07) is 8.88. The third-order valence-corrected chi connectivity index (χ3v) is 3.61. The number of carbonyl (C=O) groups is 1. The highest BCUT2D eigenvalue weighted by atomic mass is 19.2. The zero-order chi connectivity index (χ0) is 15.5. The summed E-state index contributed by atoms with van der Waals surface area (Å²) < 4.78 is 31.5. The number of fused-ring (bicyclic) bond motifs is 1. The number of hydrogen-bond donors (Lipinski definition) is 1. The lowest BCUT2D eigenvalue weighted by Gasteiger charge is -2.18. The van der Waals surface area contributed by atoms with Gasteiger partial charge in [0.15, 0.2) is 11.6 Å². The fourth-order valence-corrected chi connectivity index (χ4v) is 2.45. The highest BCUT2D eigenvalue weighted by molar-refractivity contribution is 5.94. The lowest BCUT2D eigenvalue weighted by molar-refractivity contribution is 0.0950. The molecule has 0 aromatic heterocycles. The van der Waals surface area contributed by atoms with Crippen molar-refractivity contribution in [3.05, 3.63) is 64.7 Å². The van der Waals surface area contributed by atoms with Crippen LogP contribution in [0.3, 0.4) is 0 Å². The van der Waals surface area contributed by atoms with Crippen molar-refractivity contribution in [3.63, 3.8) is 0 Å². The third kappa shape index (κ3) is 3.08. The van der Waals surface area contributed by atoms with Gasteiger partial charge in [-0.05, 0) is 48.2 Å². The van der Waals surface area contributed by atoms with Crippen LogP contribution in [0, 0.1) is 11.6 Å². The molecule has 1 aliphatic heterocycles. The van der Waals surface area contributed by atoms with Crippen LogP contribution in [0.5, 0.6) is 5.75 Å². The Morgan fingerprint density at radius 2 is 2.00 bits per heavy atom. The number of ether oxygens (including phenoxy) is 1. The first kappa shape index (κ1) is 14.5. The summed E-state index contributed by atoms with van der Waals surface area (Å²) in [4.78, 5) is 11.9. The summed E-state index contributed by atoms with van der Waals surface area (Å²) in [5.41, 5.74) is 2.17. The molecule has 0 fully saturated rings. The maximum absolute atomic E-state index is 13.1. The minimum absolute atomic E-state index is 0.0974. The summed E-state index contributed by atoms with van der Waals surface area (Å²) >= 11 is 0. The molecule has 2 aromatic carbocycles. The lowest BCUT2D eigenvalue weighted by Crippen LogP contribution is -2.23. The van der Waals surface area contributed by atoms with E-state index < -0.39 is 17.5 Å². The summed E-state index contributed by atoms with van der Waals surface area (Å²) in [5.74, 6) is -1.54. The van der Waals surface area contributed by atoms with E-state index in [2.05, 4.69) is 5.32 Å². The van der Waals surface area contributed by atoms with Gasteiger partial charge in [0.05, 0.1) is 6.61 Å². The first-order valence-electron chi connectivity index (χ1n) is 7.11. The van der Waals surface area contributed by atoms with Crippen LogP contribution in [0.4, 0.5) is 8.78 Å². The van der Waals surface area contributed by atoms with Crippen LogP contribution in [-0.4, -0.2) is 12.5 Å². The van der Waals surface area contributed by atoms with Crippen molar-refractivity contribution in [2.24, 2.45) is 0 Å². The van der Waals surface area contributed by atoms with Crippen LogP contribution >= 0.6 is 0 Å². The van der Waals surface area contributed by atoms with Crippen molar-refractivity contribution in [1.82, 2.24) is 5.32 Å². The van der Waals surface area contributed by atoms with Gasteiger partial charge in [0.2, 0.25) is 0 Å².